The Kier molecular flexibility index (Phi) is 9.12. The molecule has 0 saturated heterocycles. The summed E-state index contributed by atoms with van der Waals surface area (Å²) in [7, 11) is 1.59. The van der Waals surface area contributed by atoms with Crippen LogP contribution in [0.1, 0.15) is 49.4 Å². The zero-order chi connectivity index (χ0) is 32.2. The topological polar surface area (TPSA) is 79.1 Å². The van der Waals surface area contributed by atoms with Gasteiger partial charge in [-0.2, -0.15) is 0 Å². The smallest absolute Gasteiger partial charge is 0.338 e. The maximum atomic E-state index is 14.3. The van der Waals surface area contributed by atoms with E-state index in [4.69, 9.17) is 19.2 Å². The van der Waals surface area contributed by atoms with Gasteiger partial charge in [0.2, 0.25) is 0 Å². The Hall–Kier alpha value is -5.02. The molecule has 5 aromatic rings. The van der Waals surface area contributed by atoms with Gasteiger partial charge in [-0.1, -0.05) is 79.3 Å². The van der Waals surface area contributed by atoms with Crippen LogP contribution in [0.25, 0.3) is 16.8 Å². The number of methoxy groups -OCH3 is 1. The van der Waals surface area contributed by atoms with Crippen LogP contribution in [-0.4, -0.2) is 24.3 Å². The van der Waals surface area contributed by atoms with Gasteiger partial charge >= 0.3 is 5.97 Å². The predicted molar refractivity (Wildman–Crippen MR) is 177 cm³/mol. The van der Waals surface area contributed by atoms with Crippen molar-refractivity contribution in [1.82, 2.24) is 4.57 Å². The number of thiazole rings is 1. The lowest BCUT2D eigenvalue weighted by Gasteiger charge is -2.28. The molecule has 234 valence electrons. The zero-order valence-electron chi connectivity index (χ0n) is 25.8. The van der Waals surface area contributed by atoms with E-state index in [0.29, 0.717) is 50.7 Å². The van der Waals surface area contributed by atoms with Gasteiger partial charge in [-0.05, 0) is 71.7 Å². The highest BCUT2D eigenvalue weighted by Crippen LogP contribution is 2.41. The van der Waals surface area contributed by atoms with Gasteiger partial charge in [-0.25, -0.2) is 14.2 Å². The number of fused-ring (bicyclic) bond motifs is 2. The van der Waals surface area contributed by atoms with Gasteiger partial charge in [0.25, 0.3) is 5.56 Å². The van der Waals surface area contributed by atoms with E-state index < -0.39 is 12.0 Å². The molecule has 6 rings (SSSR count). The van der Waals surface area contributed by atoms with Crippen molar-refractivity contribution in [2.75, 3.05) is 13.7 Å². The molecule has 1 aliphatic rings. The van der Waals surface area contributed by atoms with Crippen molar-refractivity contribution in [1.29, 1.82) is 0 Å². The molecule has 4 aromatic carbocycles. The van der Waals surface area contributed by atoms with Gasteiger partial charge in [0, 0.05) is 5.56 Å². The molecule has 1 aromatic heterocycles. The van der Waals surface area contributed by atoms with E-state index in [1.54, 1.807) is 30.7 Å². The van der Waals surface area contributed by atoms with E-state index in [9.17, 15) is 14.0 Å². The Morgan fingerprint density at radius 1 is 1.00 bits per heavy atom. The maximum absolute atomic E-state index is 14.3. The highest BCUT2D eigenvalue weighted by Gasteiger charge is 2.37. The third-order valence-electron chi connectivity index (χ3n) is 7.81. The molecule has 0 aliphatic carbocycles. The molecule has 0 radical (unpaired) electrons. The van der Waals surface area contributed by atoms with Gasteiger partial charge in [0.1, 0.15) is 30.0 Å². The predicted octanol–water partition coefficient (Wildman–Crippen LogP) is 6.46. The van der Waals surface area contributed by atoms with Gasteiger partial charge in [-0.15, -0.1) is 0 Å². The molecular weight excluding hydrogens is 603 g/mol. The number of hydrogen-bond acceptors (Lipinski definition) is 7. The van der Waals surface area contributed by atoms with E-state index in [-0.39, 0.29) is 18.0 Å². The zero-order valence-corrected chi connectivity index (χ0v) is 26.6. The minimum absolute atomic E-state index is 0.190. The lowest BCUT2D eigenvalue weighted by Crippen LogP contribution is -2.40. The first-order valence-corrected chi connectivity index (χ1v) is 16.0. The Balaban J connectivity index is 1.47. The third kappa shape index (κ3) is 6.10. The van der Waals surface area contributed by atoms with Gasteiger partial charge in [-0.3, -0.25) is 9.36 Å². The van der Waals surface area contributed by atoms with Crippen LogP contribution in [0.5, 0.6) is 11.5 Å². The lowest BCUT2D eigenvalue weighted by molar-refractivity contribution is -0.139. The minimum atomic E-state index is -0.803. The highest BCUT2D eigenvalue weighted by atomic mass is 32.1. The van der Waals surface area contributed by atoms with E-state index in [0.717, 1.165) is 28.3 Å². The molecule has 1 aliphatic heterocycles. The molecule has 0 fully saturated rings. The van der Waals surface area contributed by atoms with E-state index >= 15 is 0 Å². The van der Waals surface area contributed by atoms with Crippen molar-refractivity contribution in [2.24, 2.45) is 4.99 Å². The second-order valence-corrected chi connectivity index (χ2v) is 11.8. The standard InChI is InChI=1S/C37H33FN2O5S/c1-4-8-29-33(36(42)44-5-2)34(32-28-10-7-6-9-25(28)15-20-30(32)43-3)40-35(41)31(46-37(40)39-29)21-23-13-18-27(19-14-23)45-22-24-11-16-26(38)17-12-24/h6-7,9-21,34H,4-5,8,22H2,1-3H3/b31-21-/t34-/m1/s1. The van der Waals surface area contributed by atoms with Gasteiger partial charge < -0.3 is 14.2 Å². The first-order chi connectivity index (χ1) is 22.4. The fourth-order valence-electron chi connectivity index (χ4n) is 5.69. The number of esters is 1. The maximum Gasteiger partial charge on any atom is 0.338 e. The minimum Gasteiger partial charge on any atom is -0.496 e. The van der Waals surface area contributed by atoms with Crippen LogP contribution in [0.4, 0.5) is 4.39 Å². The molecule has 0 unspecified atom stereocenters. The summed E-state index contributed by atoms with van der Waals surface area (Å²) < 4.78 is 32.6. The normalized spacial score (nSPS) is 14.6. The van der Waals surface area contributed by atoms with Crippen molar-refractivity contribution < 1.29 is 23.4 Å². The number of hydrogen-bond donors (Lipinski definition) is 0. The average molecular weight is 637 g/mol. The summed E-state index contributed by atoms with van der Waals surface area (Å²) in [5.41, 5.74) is 3.06. The van der Waals surface area contributed by atoms with Crippen LogP contribution in [0.2, 0.25) is 0 Å². The fourth-order valence-corrected chi connectivity index (χ4v) is 6.71. The number of allylic oxidation sites excluding steroid dienone is 1. The molecule has 0 N–H and O–H groups in total. The number of benzene rings is 4. The van der Waals surface area contributed by atoms with Crippen molar-refractivity contribution in [3.63, 3.8) is 0 Å². The Morgan fingerprint density at radius 2 is 1.76 bits per heavy atom. The molecule has 0 spiro atoms. The van der Waals surface area contributed by atoms with Crippen molar-refractivity contribution >= 4 is 34.2 Å². The second kappa shape index (κ2) is 13.5. The third-order valence-corrected chi connectivity index (χ3v) is 8.80. The van der Waals surface area contributed by atoms with Crippen molar-refractivity contribution in [2.45, 2.75) is 39.3 Å². The van der Waals surface area contributed by atoms with Crippen molar-refractivity contribution in [3.05, 3.63) is 138 Å². The number of ether oxygens (including phenoxy) is 3. The number of carbonyl (C=O) groups is 1. The fraction of sp³-hybridized carbons (Fsp3) is 0.216. The summed E-state index contributed by atoms with van der Waals surface area (Å²) in [4.78, 5) is 33.4. The SMILES string of the molecule is CCCC1=C(C(=O)OCC)[C@@H](c2c(OC)ccc3ccccc23)n2c(s/c(=C\c3ccc(OCc4ccc(F)cc4)cc3)c2=O)=N1. The summed E-state index contributed by atoms with van der Waals surface area (Å²) in [5, 5.41) is 1.83. The summed E-state index contributed by atoms with van der Waals surface area (Å²) in [5.74, 6) is 0.420. The number of halogens is 1. The number of aromatic nitrogens is 1. The molecule has 0 bridgehead atoms. The molecule has 2 heterocycles. The van der Waals surface area contributed by atoms with E-state index in [1.165, 1.54) is 23.5 Å². The van der Waals surface area contributed by atoms with Crippen LogP contribution in [-0.2, 0) is 16.1 Å². The molecule has 0 saturated carbocycles. The van der Waals surface area contributed by atoms with E-state index in [1.807, 2.05) is 73.7 Å². The monoisotopic (exact) mass is 636 g/mol. The molecular formula is C37H33FN2O5S. The lowest BCUT2D eigenvalue weighted by atomic mass is 9.90. The first kappa shape index (κ1) is 31.0. The van der Waals surface area contributed by atoms with Gasteiger partial charge in [0.15, 0.2) is 4.80 Å². The van der Waals surface area contributed by atoms with Crippen LogP contribution < -0.4 is 24.4 Å². The number of nitrogens with zero attached hydrogens (tertiary/aromatic N) is 2. The number of carbonyl (C=O) groups excluding carboxylic acids is 1. The first-order valence-electron chi connectivity index (χ1n) is 15.2. The second-order valence-electron chi connectivity index (χ2n) is 10.8. The van der Waals surface area contributed by atoms with Crippen LogP contribution in [0.15, 0.2) is 106 Å². The largest absolute Gasteiger partial charge is 0.496 e. The van der Waals surface area contributed by atoms with Crippen LogP contribution in [0, 0.1) is 5.82 Å². The molecule has 46 heavy (non-hydrogen) atoms. The van der Waals surface area contributed by atoms with Crippen LogP contribution >= 0.6 is 11.3 Å². The molecule has 1 atom stereocenters. The summed E-state index contributed by atoms with van der Waals surface area (Å²) in [6.45, 7) is 4.29. The average Bonchev–Trinajstić information content (AvgIpc) is 3.38. The molecule has 7 nitrogen and oxygen atoms in total. The Bertz CT molecular complexity index is 2110. The van der Waals surface area contributed by atoms with Crippen LogP contribution in [0.3, 0.4) is 0 Å². The van der Waals surface area contributed by atoms with E-state index in [2.05, 4.69) is 0 Å². The molecule has 0 amide bonds. The summed E-state index contributed by atoms with van der Waals surface area (Å²) >= 11 is 1.28. The summed E-state index contributed by atoms with van der Waals surface area (Å²) in [6.07, 6.45) is 3.12. The quantitative estimate of drug-likeness (QED) is 0.165. The Morgan fingerprint density at radius 3 is 2.48 bits per heavy atom. The number of rotatable bonds is 10. The highest BCUT2D eigenvalue weighted by molar-refractivity contribution is 7.07. The molecule has 9 heteroatoms. The van der Waals surface area contributed by atoms with Gasteiger partial charge in [0.05, 0.1) is 29.5 Å². The summed E-state index contributed by atoms with van der Waals surface area (Å²) in [6, 6.07) is 24.5. The van der Waals surface area contributed by atoms with Crippen molar-refractivity contribution in [3.8, 4) is 11.5 Å². The Labute approximate surface area is 269 Å².